The first-order chi connectivity index (χ1) is 13.9. The first-order valence-electron chi connectivity index (χ1n) is 8.55. The Bertz CT molecular complexity index is 1020. The van der Waals surface area contributed by atoms with Crippen molar-refractivity contribution in [3.63, 3.8) is 0 Å². The van der Waals surface area contributed by atoms with Crippen LogP contribution in [-0.4, -0.2) is 30.5 Å². The number of hydrogen-bond acceptors (Lipinski definition) is 5. The van der Waals surface area contributed by atoms with Gasteiger partial charge in [0.1, 0.15) is 10.8 Å². The number of methoxy groups -OCH3 is 1. The van der Waals surface area contributed by atoms with E-state index in [4.69, 9.17) is 4.74 Å². The molecular formula is C20H17F2N3O3S. The van der Waals surface area contributed by atoms with Crippen molar-refractivity contribution in [3.8, 4) is 16.3 Å². The molecule has 3 aromatic rings. The number of nitrogens with zero attached hydrogens (tertiary/aromatic N) is 1. The molecule has 0 fully saturated rings. The fourth-order valence-corrected chi connectivity index (χ4v) is 3.27. The van der Waals surface area contributed by atoms with Crippen molar-refractivity contribution < 1.29 is 23.1 Å². The number of nitrogens with one attached hydrogen (secondary N) is 2. The molecule has 0 radical (unpaired) electrons. The molecule has 0 spiro atoms. The topological polar surface area (TPSA) is 80.3 Å². The number of benzene rings is 2. The second-order valence-corrected chi connectivity index (χ2v) is 6.86. The van der Waals surface area contributed by atoms with Crippen LogP contribution in [0.4, 0.5) is 14.5 Å². The van der Waals surface area contributed by atoms with E-state index in [2.05, 4.69) is 15.6 Å². The molecule has 0 saturated heterocycles. The van der Waals surface area contributed by atoms with E-state index < -0.39 is 17.5 Å². The second kappa shape index (κ2) is 9.24. The largest absolute Gasteiger partial charge is 0.497 e. The summed E-state index contributed by atoms with van der Waals surface area (Å²) in [5.74, 6) is -2.26. The molecule has 3 rings (SSSR count). The highest BCUT2D eigenvalue weighted by molar-refractivity contribution is 7.13. The van der Waals surface area contributed by atoms with Gasteiger partial charge in [-0.05, 0) is 36.4 Å². The number of amides is 2. The Morgan fingerprint density at radius 3 is 2.52 bits per heavy atom. The molecule has 6 nitrogen and oxygen atoms in total. The third-order valence-electron chi connectivity index (χ3n) is 3.88. The number of halogens is 2. The van der Waals surface area contributed by atoms with Crippen molar-refractivity contribution in [1.82, 2.24) is 10.3 Å². The van der Waals surface area contributed by atoms with Crippen LogP contribution < -0.4 is 15.4 Å². The Morgan fingerprint density at radius 2 is 1.83 bits per heavy atom. The normalized spacial score (nSPS) is 10.4. The lowest BCUT2D eigenvalue weighted by atomic mass is 10.2. The van der Waals surface area contributed by atoms with Gasteiger partial charge in [-0.25, -0.2) is 13.8 Å². The average molecular weight is 417 g/mol. The number of carbonyl (C=O) groups excluding carboxylic acids is 2. The lowest BCUT2D eigenvalue weighted by molar-refractivity contribution is -0.123. The first-order valence-corrected chi connectivity index (χ1v) is 9.43. The molecule has 0 aliphatic carbocycles. The molecule has 1 aromatic heterocycles. The van der Waals surface area contributed by atoms with E-state index in [0.29, 0.717) is 5.69 Å². The minimum Gasteiger partial charge on any atom is -0.497 e. The third-order valence-corrected chi connectivity index (χ3v) is 4.82. The number of anilines is 1. The number of ether oxygens (including phenoxy) is 1. The van der Waals surface area contributed by atoms with Gasteiger partial charge in [-0.2, -0.15) is 0 Å². The van der Waals surface area contributed by atoms with Crippen molar-refractivity contribution in [2.45, 2.75) is 6.42 Å². The minimum atomic E-state index is -1.07. The number of thiazole rings is 1. The Labute approximate surface area is 169 Å². The number of carbonyl (C=O) groups is 2. The van der Waals surface area contributed by atoms with Crippen LogP contribution in [0.5, 0.6) is 5.75 Å². The Balaban J connectivity index is 1.49. The molecule has 29 heavy (non-hydrogen) atoms. The molecule has 9 heteroatoms. The highest BCUT2D eigenvalue weighted by Gasteiger charge is 2.11. The molecule has 0 aliphatic heterocycles. The molecule has 2 aromatic carbocycles. The van der Waals surface area contributed by atoms with Crippen LogP contribution in [0, 0.1) is 11.6 Å². The quantitative estimate of drug-likeness (QED) is 0.618. The van der Waals surface area contributed by atoms with Crippen LogP contribution in [0.3, 0.4) is 0 Å². The lowest BCUT2D eigenvalue weighted by Gasteiger charge is -2.07. The number of aromatic nitrogens is 1. The standard InChI is InChI=1S/C20H17F2N3O3S/c1-28-15-5-2-12(3-6-15)20-25-14(11-29-20)9-18(26)23-10-19(27)24-13-4-7-16(21)17(22)8-13/h2-8,11H,9-10H2,1H3,(H,23,26)(H,24,27). The highest BCUT2D eigenvalue weighted by atomic mass is 32.1. The third kappa shape index (κ3) is 5.58. The van der Waals surface area contributed by atoms with Gasteiger partial charge >= 0.3 is 0 Å². The predicted molar refractivity (Wildman–Crippen MR) is 106 cm³/mol. The summed E-state index contributed by atoms with van der Waals surface area (Å²) in [6.45, 7) is -0.298. The van der Waals surface area contributed by atoms with Crippen LogP contribution in [0.15, 0.2) is 47.8 Å². The Kier molecular flexibility index (Phi) is 6.50. The zero-order valence-corrected chi connectivity index (χ0v) is 16.2. The predicted octanol–water partition coefficient (Wildman–Crippen LogP) is 3.39. The smallest absolute Gasteiger partial charge is 0.243 e. The molecule has 0 atom stereocenters. The van der Waals surface area contributed by atoms with Gasteiger partial charge in [0.25, 0.3) is 0 Å². The summed E-state index contributed by atoms with van der Waals surface area (Å²) in [6.07, 6.45) is 0.0190. The van der Waals surface area contributed by atoms with Crippen molar-refractivity contribution in [2.24, 2.45) is 0 Å². The van der Waals surface area contributed by atoms with Gasteiger partial charge in [-0.1, -0.05) is 0 Å². The lowest BCUT2D eigenvalue weighted by Crippen LogP contribution is -2.33. The van der Waals surface area contributed by atoms with Crippen molar-refractivity contribution in [1.29, 1.82) is 0 Å². The molecule has 150 valence electrons. The van der Waals surface area contributed by atoms with Gasteiger partial charge in [0, 0.05) is 22.7 Å². The number of hydrogen-bond donors (Lipinski definition) is 2. The van der Waals surface area contributed by atoms with E-state index >= 15 is 0 Å². The van der Waals surface area contributed by atoms with Gasteiger partial charge in [-0.15, -0.1) is 11.3 Å². The maximum Gasteiger partial charge on any atom is 0.243 e. The summed E-state index contributed by atoms with van der Waals surface area (Å²) in [6, 6.07) is 10.4. The van der Waals surface area contributed by atoms with Crippen LogP contribution >= 0.6 is 11.3 Å². The van der Waals surface area contributed by atoms with Gasteiger partial charge in [0.2, 0.25) is 11.8 Å². The number of rotatable bonds is 7. The van der Waals surface area contributed by atoms with Gasteiger partial charge in [0.05, 0.1) is 25.8 Å². The summed E-state index contributed by atoms with van der Waals surface area (Å²) in [4.78, 5) is 28.3. The maximum absolute atomic E-state index is 13.1. The minimum absolute atomic E-state index is 0.0190. The Hall–Kier alpha value is -3.33. The fraction of sp³-hybridized carbons (Fsp3) is 0.150. The van der Waals surface area contributed by atoms with E-state index in [1.165, 1.54) is 17.4 Å². The van der Waals surface area contributed by atoms with Crippen LogP contribution in [0.2, 0.25) is 0 Å². The highest BCUT2D eigenvalue weighted by Crippen LogP contribution is 2.25. The molecule has 0 unspecified atom stereocenters. The summed E-state index contributed by atoms with van der Waals surface area (Å²) < 4.78 is 31.1. The zero-order valence-electron chi connectivity index (χ0n) is 15.4. The van der Waals surface area contributed by atoms with E-state index in [0.717, 1.165) is 28.5 Å². The van der Waals surface area contributed by atoms with Crippen molar-refractivity contribution in [3.05, 3.63) is 65.2 Å². The van der Waals surface area contributed by atoms with E-state index in [9.17, 15) is 18.4 Å². The van der Waals surface area contributed by atoms with Crippen LogP contribution in [0.25, 0.3) is 10.6 Å². The summed E-state index contributed by atoms with van der Waals surface area (Å²) in [7, 11) is 1.59. The molecule has 1 heterocycles. The molecule has 0 aliphatic rings. The average Bonchev–Trinajstić information content (AvgIpc) is 3.17. The van der Waals surface area contributed by atoms with Crippen molar-refractivity contribution >= 4 is 28.8 Å². The SMILES string of the molecule is COc1ccc(-c2nc(CC(=O)NCC(=O)Nc3ccc(F)c(F)c3)cs2)cc1. The molecule has 2 amide bonds. The molecule has 2 N–H and O–H groups in total. The van der Waals surface area contributed by atoms with E-state index in [1.54, 1.807) is 12.5 Å². The van der Waals surface area contributed by atoms with E-state index in [1.807, 2.05) is 24.3 Å². The molecule has 0 bridgehead atoms. The Morgan fingerprint density at radius 1 is 1.07 bits per heavy atom. The van der Waals surface area contributed by atoms with Gasteiger partial charge < -0.3 is 15.4 Å². The first kappa shape index (κ1) is 20.4. The van der Waals surface area contributed by atoms with Crippen molar-refractivity contribution in [2.75, 3.05) is 19.0 Å². The summed E-state index contributed by atoms with van der Waals surface area (Å²) in [5.41, 5.74) is 1.60. The monoisotopic (exact) mass is 417 g/mol. The maximum atomic E-state index is 13.1. The van der Waals surface area contributed by atoms with Gasteiger partial charge in [-0.3, -0.25) is 9.59 Å². The fourth-order valence-electron chi connectivity index (χ4n) is 2.44. The molecular weight excluding hydrogens is 400 g/mol. The second-order valence-electron chi connectivity index (χ2n) is 6.00. The van der Waals surface area contributed by atoms with Crippen LogP contribution in [-0.2, 0) is 16.0 Å². The summed E-state index contributed by atoms with van der Waals surface area (Å²) >= 11 is 1.41. The van der Waals surface area contributed by atoms with Gasteiger partial charge in [0.15, 0.2) is 11.6 Å². The van der Waals surface area contributed by atoms with E-state index in [-0.39, 0.29) is 24.6 Å². The molecule has 0 saturated carbocycles. The zero-order chi connectivity index (χ0) is 20.8. The summed E-state index contributed by atoms with van der Waals surface area (Å²) in [5, 5.41) is 7.40. The van der Waals surface area contributed by atoms with Crippen LogP contribution in [0.1, 0.15) is 5.69 Å².